The summed E-state index contributed by atoms with van der Waals surface area (Å²) < 4.78 is 47.1. The van der Waals surface area contributed by atoms with E-state index >= 15 is 0 Å². The van der Waals surface area contributed by atoms with E-state index < -0.39 is 11.8 Å². The molecule has 3 aromatic rings. The number of amides is 2. The summed E-state index contributed by atoms with van der Waals surface area (Å²) >= 11 is 0. The Labute approximate surface area is 223 Å². The van der Waals surface area contributed by atoms with Gasteiger partial charge in [-0.05, 0) is 42.3 Å². The number of hydrazine groups is 1. The second kappa shape index (κ2) is 9.18. The molecule has 2 fully saturated rings. The van der Waals surface area contributed by atoms with Gasteiger partial charge in [0.05, 0.1) is 17.4 Å². The first-order valence-electron chi connectivity index (χ1n) is 12.4. The van der Waals surface area contributed by atoms with Crippen molar-refractivity contribution >= 4 is 23.2 Å². The average Bonchev–Trinajstić information content (AvgIpc) is 3.47. The molecule has 200 valence electrons. The minimum absolute atomic E-state index is 0.0693. The molecule has 3 aliphatic rings. The van der Waals surface area contributed by atoms with E-state index in [0.29, 0.717) is 35.1 Å². The summed E-state index contributed by atoms with van der Waals surface area (Å²) in [7, 11) is 1.36. The summed E-state index contributed by atoms with van der Waals surface area (Å²) in [6.45, 7) is 1.56. The highest BCUT2D eigenvalue weighted by Gasteiger charge is 2.69. The number of nitrogens with zero attached hydrogens (tertiary/aromatic N) is 4. The number of aromatic nitrogens is 1. The third-order valence-electron chi connectivity index (χ3n) is 7.35. The Hall–Kier alpha value is -4.27. The van der Waals surface area contributed by atoms with Gasteiger partial charge in [0.2, 0.25) is 5.66 Å². The number of carbonyl (C=O) groups is 1. The maximum absolute atomic E-state index is 13.9. The van der Waals surface area contributed by atoms with Crippen molar-refractivity contribution in [1.82, 2.24) is 15.4 Å². The Balaban J connectivity index is 1.33. The normalized spacial score (nSPS) is 23.2. The lowest BCUT2D eigenvalue weighted by atomic mass is 9.99. The van der Waals surface area contributed by atoms with Gasteiger partial charge in [-0.1, -0.05) is 30.2 Å². The van der Waals surface area contributed by atoms with Crippen LogP contribution in [0.1, 0.15) is 12.0 Å². The first-order valence-corrected chi connectivity index (χ1v) is 12.4. The van der Waals surface area contributed by atoms with Gasteiger partial charge in [-0.3, -0.25) is 4.90 Å². The number of urea groups is 1. The third-order valence-corrected chi connectivity index (χ3v) is 7.35. The molecule has 11 heteroatoms. The van der Waals surface area contributed by atoms with Crippen molar-refractivity contribution < 1.29 is 22.7 Å². The van der Waals surface area contributed by atoms with Crippen molar-refractivity contribution in [3.05, 3.63) is 66.2 Å². The molecule has 0 saturated carbocycles. The van der Waals surface area contributed by atoms with E-state index in [1.807, 2.05) is 6.07 Å². The van der Waals surface area contributed by atoms with E-state index in [1.165, 1.54) is 19.2 Å². The molecule has 2 unspecified atom stereocenters. The lowest BCUT2D eigenvalue weighted by Gasteiger charge is -2.36. The largest absolute Gasteiger partial charge is 0.481 e. The summed E-state index contributed by atoms with van der Waals surface area (Å²) in [5, 5.41) is 3.97. The van der Waals surface area contributed by atoms with Gasteiger partial charge in [-0.15, -0.1) is 6.42 Å². The van der Waals surface area contributed by atoms with Gasteiger partial charge >= 0.3 is 12.2 Å². The SMILES string of the molecule is C#CCOc1cccc(NC(=O)N2c3nc(-c4cccc(C5(C(F)(F)F)NN5C)c4)ccc3N3CC[C@H]2C3)c1. The maximum atomic E-state index is 13.9. The molecule has 6 rings (SSSR count). The van der Waals surface area contributed by atoms with E-state index in [2.05, 4.69) is 21.6 Å². The van der Waals surface area contributed by atoms with E-state index in [9.17, 15) is 18.0 Å². The molecule has 0 spiro atoms. The summed E-state index contributed by atoms with van der Waals surface area (Å²) in [6.07, 6.45) is 1.53. The number of pyridine rings is 1. The van der Waals surface area contributed by atoms with Crippen molar-refractivity contribution in [2.75, 3.05) is 41.9 Å². The first kappa shape index (κ1) is 25.0. The quantitative estimate of drug-likeness (QED) is 0.369. The zero-order chi connectivity index (χ0) is 27.4. The predicted octanol–water partition coefficient (Wildman–Crippen LogP) is 4.56. The molecule has 39 heavy (non-hydrogen) atoms. The Morgan fingerprint density at radius 1 is 1.23 bits per heavy atom. The highest BCUT2D eigenvalue weighted by atomic mass is 19.4. The number of alkyl halides is 3. The first-order chi connectivity index (χ1) is 18.7. The summed E-state index contributed by atoms with van der Waals surface area (Å²) in [5.41, 5.74) is 2.59. The van der Waals surface area contributed by atoms with Crippen LogP contribution in [0.2, 0.25) is 0 Å². The molecule has 0 radical (unpaired) electrons. The van der Waals surface area contributed by atoms with Gasteiger partial charge in [0.1, 0.15) is 12.4 Å². The molecule has 4 heterocycles. The monoisotopic (exact) mass is 534 g/mol. The highest BCUT2D eigenvalue weighted by Crippen LogP contribution is 2.49. The van der Waals surface area contributed by atoms with Crippen molar-refractivity contribution in [3.63, 3.8) is 0 Å². The molecular formula is C28H25F3N6O2. The van der Waals surface area contributed by atoms with Crippen LogP contribution in [0.5, 0.6) is 5.75 Å². The molecule has 2 N–H and O–H groups in total. The third kappa shape index (κ3) is 4.22. The number of anilines is 3. The van der Waals surface area contributed by atoms with E-state index in [4.69, 9.17) is 16.1 Å². The van der Waals surface area contributed by atoms with Crippen LogP contribution in [0.25, 0.3) is 11.3 Å². The fourth-order valence-corrected chi connectivity index (χ4v) is 5.40. The molecule has 2 saturated heterocycles. The number of ether oxygens (including phenoxy) is 1. The average molecular weight is 535 g/mol. The van der Waals surface area contributed by atoms with Crippen LogP contribution < -0.4 is 25.3 Å². The summed E-state index contributed by atoms with van der Waals surface area (Å²) in [5.74, 6) is 3.41. The minimum Gasteiger partial charge on any atom is -0.481 e. The number of fused-ring (bicyclic) bond motifs is 4. The number of terminal acetylenes is 1. The summed E-state index contributed by atoms with van der Waals surface area (Å²) in [6, 6.07) is 16.4. The van der Waals surface area contributed by atoms with Crippen molar-refractivity contribution in [2.45, 2.75) is 24.3 Å². The lowest BCUT2D eigenvalue weighted by Crippen LogP contribution is -2.48. The number of hydrogen-bond acceptors (Lipinski definition) is 6. The van der Waals surface area contributed by atoms with Crippen LogP contribution in [0.15, 0.2) is 60.7 Å². The van der Waals surface area contributed by atoms with E-state index in [1.54, 1.807) is 47.4 Å². The van der Waals surface area contributed by atoms with Crippen LogP contribution >= 0.6 is 0 Å². The molecule has 3 atom stereocenters. The maximum Gasteiger partial charge on any atom is 0.426 e. The molecule has 1 aromatic heterocycles. The Morgan fingerprint density at radius 2 is 2.03 bits per heavy atom. The topological polar surface area (TPSA) is 82.7 Å². The van der Waals surface area contributed by atoms with Crippen LogP contribution in [-0.2, 0) is 5.66 Å². The van der Waals surface area contributed by atoms with Crippen LogP contribution in [0.4, 0.5) is 35.2 Å². The van der Waals surface area contributed by atoms with Crippen LogP contribution in [-0.4, -0.2) is 55.0 Å². The lowest BCUT2D eigenvalue weighted by molar-refractivity contribution is -0.174. The van der Waals surface area contributed by atoms with Gasteiger partial charge in [0, 0.05) is 37.5 Å². The molecule has 2 aromatic carbocycles. The van der Waals surface area contributed by atoms with Gasteiger partial charge in [0.25, 0.3) is 0 Å². The molecular weight excluding hydrogens is 509 g/mol. The molecule has 0 aliphatic carbocycles. The fourth-order valence-electron chi connectivity index (χ4n) is 5.40. The van der Waals surface area contributed by atoms with Gasteiger partial charge in [-0.2, -0.15) is 13.2 Å². The Kier molecular flexibility index (Phi) is 5.89. The van der Waals surface area contributed by atoms with Crippen LogP contribution in [0.3, 0.4) is 0 Å². The highest BCUT2D eigenvalue weighted by molar-refractivity contribution is 6.04. The number of nitrogens with one attached hydrogen (secondary N) is 2. The van der Waals surface area contributed by atoms with Gasteiger partial charge in [0.15, 0.2) is 5.82 Å². The number of rotatable bonds is 5. The minimum atomic E-state index is -4.51. The number of hydrogen-bond donors (Lipinski definition) is 2. The molecule has 8 nitrogen and oxygen atoms in total. The zero-order valence-corrected chi connectivity index (χ0v) is 21.0. The predicted molar refractivity (Wildman–Crippen MR) is 141 cm³/mol. The second-order valence-corrected chi connectivity index (χ2v) is 9.71. The van der Waals surface area contributed by atoms with Crippen LogP contribution in [0, 0.1) is 12.3 Å². The fraction of sp³-hybridized carbons (Fsp3) is 0.286. The smallest absolute Gasteiger partial charge is 0.426 e. The van der Waals surface area contributed by atoms with Crippen molar-refractivity contribution in [3.8, 4) is 29.4 Å². The molecule has 3 aliphatic heterocycles. The van der Waals surface area contributed by atoms with Gasteiger partial charge in [-0.25, -0.2) is 20.2 Å². The van der Waals surface area contributed by atoms with Gasteiger partial charge < -0.3 is 15.0 Å². The van der Waals surface area contributed by atoms with E-state index in [0.717, 1.165) is 23.7 Å². The Morgan fingerprint density at radius 3 is 2.77 bits per heavy atom. The van der Waals surface area contributed by atoms with Crippen molar-refractivity contribution in [1.29, 1.82) is 0 Å². The Bertz CT molecular complexity index is 1490. The second-order valence-electron chi connectivity index (χ2n) is 9.71. The summed E-state index contributed by atoms with van der Waals surface area (Å²) in [4.78, 5) is 22.2. The van der Waals surface area contributed by atoms with Crippen molar-refractivity contribution in [2.24, 2.45) is 0 Å². The number of carbonyl (C=O) groups excluding carboxylic acids is 1. The molecule has 2 bridgehead atoms. The number of benzene rings is 2. The molecule has 2 amide bonds. The standard InChI is InChI=1S/C28H25F3N6O2/c1-3-14-39-22-9-5-8-20(16-22)32-26(38)37-21-12-13-36(17-21)24-11-10-23(33-25(24)37)18-6-4-7-19(15-18)27(28(29,30)31)34-35(27)2/h1,4-11,15-16,21,34H,12-14,17H2,2H3,(H,32,38)/t21-,27?,35?/m0/s1. The zero-order valence-electron chi connectivity index (χ0n) is 21.0. The van der Waals surface area contributed by atoms with E-state index in [-0.39, 0.29) is 24.2 Å². The number of halogens is 3.